The van der Waals surface area contributed by atoms with E-state index in [9.17, 15) is 28.8 Å². The van der Waals surface area contributed by atoms with Gasteiger partial charge in [-0.3, -0.25) is 28.8 Å². The Hall–Kier alpha value is -4.82. The molecule has 1 fully saturated rings. The Morgan fingerprint density at radius 2 is 1.20 bits per heavy atom. The van der Waals surface area contributed by atoms with Crippen LogP contribution in [-0.2, 0) is 41.6 Å². The van der Waals surface area contributed by atoms with Gasteiger partial charge in [0.15, 0.2) is 0 Å². The molecule has 14 nitrogen and oxygen atoms in total. The van der Waals surface area contributed by atoms with Crippen LogP contribution >= 0.6 is 0 Å². The number of unbranched alkanes of at least 4 members (excludes halogenated alkanes) is 1. The Morgan fingerprint density at radius 3 is 1.75 bits per heavy atom. The maximum atomic E-state index is 13.9. The molecule has 6 amide bonds. The van der Waals surface area contributed by atoms with Crippen LogP contribution in [0.3, 0.4) is 0 Å². The molecule has 3 rings (SSSR count). The molecule has 1 saturated heterocycles. The van der Waals surface area contributed by atoms with E-state index in [1.54, 1.807) is 4.90 Å². The van der Waals surface area contributed by atoms with Crippen molar-refractivity contribution in [2.45, 2.75) is 76.5 Å². The third kappa shape index (κ3) is 13.1. The van der Waals surface area contributed by atoms with Gasteiger partial charge in [0.2, 0.25) is 23.6 Å². The first-order valence-corrected chi connectivity index (χ1v) is 17.7. The van der Waals surface area contributed by atoms with E-state index in [2.05, 4.69) is 21.3 Å². The number of carbonyl (C=O) groups excluding carboxylic acids is 6. The molecule has 8 N–H and O–H groups in total. The van der Waals surface area contributed by atoms with E-state index in [-0.39, 0.29) is 57.3 Å². The molecule has 51 heavy (non-hydrogen) atoms. The van der Waals surface area contributed by atoms with Crippen molar-refractivity contribution in [1.29, 1.82) is 0 Å². The Balaban J connectivity index is 1.75. The first kappa shape index (κ1) is 40.6. The van der Waals surface area contributed by atoms with Crippen LogP contribution in [0.2, 0.25) is 0 Å². The van der Waals surface area contributed by atoms with Crippen LogP contribution in [0.1, 0.15) is 50.7 Å². The lowest BCUT2D eigenvalue weighted by Gasteiger charge is -2.36. The number of rotatable bonds is 17. The zero-order valence-corrected chi connectivity index (χ0v) is 29.9. The number of hydrogen-bond acceptors (Lipinski definition) is 8. The quantitative estimate of drug-likeness (QED) is 0.0960. The lowest BCUT2D eigenvalue weighted by molar-refractivity contribution is -0.148. The highest BCUT2D eigenvalue weighted by Gasteiger charge is 2.34. The van der Waals surface area contributed by atoms with Crippen molar-refractivity contribution >= 4 is 35.4 Å². The summed E-state index contributed by atoms with van der Waals surface area (Å²) in [7, 11) is 1.38. The predicted molar refractivity (Wildman–Crippen MR) is 194 cm³/mol. The van der Waals surface area contributed by atoms with Crippen LogP contribution in [0.5, 0.6) is 0 Å². The number of piperazine rings is 1. The van der Waals surface area contributed by atoms with Gasteiger partial charge in [-0.15, -0.1) is 0 Å². The van der Waals surface area contributed by atoms with E-state index in [1.165, 1.54) is 11.9 Å². The van der Waals surface area contributed by atoms with Crippen LogP contribution in [0.4, 0.5) is 0 Å². The molecule has 1 aliphatic rings. The molecule has 14 heteroatoms. The molecule has 0 aliphatic carbocycles. The fraction of sp³-hybridized carbons (Fsp3) is 0.514. The maximum Gasteiger partial charge on any atom is 0.311 e. The standard InChI is InChI=1S/C37H54N8O6/c1-25(2)22-30(33(47)41-29(16-10-11-17-38)36(50)44-18-20-45(21-19-44)37(51)35(49)40-3)43-34(48)31(24-27-14-8-5-9-15-27)42-32(46)28(39)23-26-12-6-4-7-13-26/h4-9,12-15,25,28-31H,10-11,16-24,38-39H2,1-3H3,(H,40,49)(H,41,47)(H,42,46)(H,43,48)/t28-,29-,30-,31-/m1/s1. The van der Waals surface area contributed by atoms with E-state index >= 15 is 0 Å². The van der Waals surface area contributed by atoms with Gasteiger partial charge in [-0.1, -0.05) is 74.5 Å². The number of nitrogens with one attached hydrogen (secondary N) is 4. The number of nitrogens with two attached hydrogens (primary N) is 2. The second kappa shape index (κ2) is 20.8. The minimum absolute atomic E-state index is 0.000152. The maximum absolute atomic E-state index is 13.9. The summed E-state index contributed by atoms with van der Waals surface area (Å²) in [6.07, 6.45) is 2.28. The molecule has 0 unspecified atom stereocenters. The second-order valence-electron chi connectivity index (χ2n) is 13.3. The van der Waals surface area contributed by atoms with Gasteiger partial charge in [0.25, 0.3) is 0 Å². The smallest absolute Gasteiger partial charge is 0.311 e. The molecule has 278 valence electrons. The summed E-state index contributed by atoms with van der Waals surface area (Å²) in [6.45, 7) is 5.01. The number of likely N-dealkylation sites (N-methyl/N-ethyl adjacent to an activating group) is 1. The van der Waals surface area contributed by atoms with Crippen molar-refractivity contribution in [2.24, 2.45) is 17.4 Å². The average molecular weight is 707 g/mol. The number of carbonyl (C=O) groups is 6. The number of nitrogens with zero attached hydrogens (tertiary/aromatic N) is 2. The summed E-state index contributed by atoms with van der Waals surface area (Å²) >= 11 is 0. The summed E-state index contributed by atoms with van der Waals surface area (Å²) in [4.78, 5) is 81.9. The Bertz CT molecular complexity index is 1450. The van der Waals surface area contributed by atoms with Crippen LogP contribution in [0, 0.1) is 5.92 Å². The van der Waals surface area contributed by atoms with Crippen molar-refractivity contribution in [3.8, 4) is 0 Å². The molecule has 1 aliphatic heterocycles. The van der Waals surface area contributed by atoms with Crippen molar-refractivity contribution in [1.82, 2.24) is 31.1 Å². The van der Waals surface area contributed by atoms with E-state index < -0.39 is 53.7 Å². The van der Waals surface area contributed by atoms with Gasteiger partial charge in [0.05, 0.1) is 6.04 Å². The van der Waals surface area contributed by atoms with Crippen molar-refractivity contribution < 1.29 is 28.8 Å². The van der Waals surface area contributed by atoms with Gasteiger partial charge in [0, 0.05) is 39.6 Å². The van der Waals surface area contributed by atoms with Crippen molar-refractivity contribution in [3.05, 3.63) is 71.8 Å². The van der Waals surface area contributed by atoms with Gasteiger partial charge in [-0.2, -0.15) is 0 Å². The Kier molecular flexibility index (Phi) is 16.5. The molecular weight excluding hydrogens is 652 g/mol. The van der Waals surface area contributed by atoms with Crippen LogP contribution < -0.4 is 32.7 Å². The molecule has 0 spiro atoms. The van der Waals surface area contributed by atoms with Gasteiger partial charge >= 0.3 is 11.8 Å². The summed E-state index contributed by atoms with van der Waals surface area (Å²) in [5.74, 6) is -3.28. The fourth-order valence-electron chi connectivity index (χ4n) is 5.90. The predicted octanol–water partition coefficient (Wildman–Crippen LogP) is -0.155. The number of benzene rings is 2. The third-order valence-corrected chi connectivity index (χ3v) is 8.75. The van der Waals surface area contributed by atoms with E-state index in [4.69, 9.17) is 11.5 Å². The fourth-order valence-corrected chi connectivity index (χ4v) is 5.90. The van der Waals surface area contributed by atoms with E-state index in [0.29, 0.717) is 25.8 Å². The molecule has 0 radical (unpaired) electrons. The van der Waals surface area contributed by atoms with Gasteiger partial charge in [0.1, 0.15) is 18.1 Å². The zero-order chi connectivity index (χ0) is 37.3. The molecular formula is C37H54N8O6. The van der Waals surface area contributed by atoms with Gasteiger partial charge in [-0.25, -0.2) is 0 Å². The highest BCUT2D eigenvalue weighted by molar-refractivity contribution is 6.34. The topological polar surface area (TPSA) is 209 Å². The summed E-state index contributed by atoms with van der Waals surface area (Å²) in [6, 6.07) is 14.7. The zero-order valence-electron chi connectivity index (χ0n) is 29.9. The minimum atomic E-state index is -1.03. The largest absolute Gasteiger partial charge is 0.351 e. The van der Waals surface area contributed by atoms with Crippen molar-refractivity contribution in [3.63, 3.8) is 0 Å². The highest BCUT2D eigenvalue weighted by atomic mass is 16.2. The summed E-state index contributed by atoms with van der Waals surface area (Å²) < 4.78 is 0. The number of hydrogen-bond donors (Lipinski definition) is 6. The minimum Gasteiger partial charge on any atom is -0.351 e. The van der Waals surface area contributed by atoms with E-state index in [0.717, 1.165) is 11.1 Å². The van der Waals surface area contributed by atoms with Crippen LogP contribution in [-0.4, -0.2) is 109 Å². The first-order valence-electron chi connectivity index (χ1n) is 17.7. The number of amides is 6. The first-order chi connectivity index (χ1) is 24.4. The average Bonchev–Trinajstić information content (AvgIpc) is 3.13. The van der Waals surface area contributed by atoms with Crippen LogP contribution in [0.15, 0.2) is 60.7 Å². The molecule has 0 aromatic heterocycles. The highest BCUT2D eigenvalue weighted by Crippen LogP contribution is 2.13. The van der Waals surface area contributed by atoms with E-state index in [1.807, 2.05) is 74.5 Å². The van der Waals surface area contributed by atoms with Crippen LogP contribution in [0.25, 0.3) is 0 Å². The molecule has 2 aromatic rings. The molecule has 2 aromatic carbocycles. The lowest BCUT2D eigenvalue weighted by atomic mass is 9.99. The third-order valence-electron chi connectivity index (χ3n) is 8.75. The Morgan fingerprint density at radius 1 is 0.686 bits per heavy atom. The SMILES string of the molecule is CNC(=O)C(=O)N1CCN(C(=O)[C@@H](CCCCN)NC(=O)[C@@H](CC(C)C)NC(=O)[C@@H](Cc2ccccc2)NC(=O)[C@H](N)Cc2ccccc2)CC1. The molecule has 0 saturated carbocycles. The summed E-state index contributed by atoms with van der Waals surface area (Å²) in [5, 5.41) is 10.9. The Labute approximate surface area is 300 Å². The normalized spacial score (nSPS) is 15.3. The van der Waals surface area contributed by atoms with Gasteiger partial charge in [-0.05, 0) is 55.7 Å². The van der Waals surface area contributed by atoms with Gasteiger partial charge < -0.3 is 42.5 Å². The van der Waals surface area contributed by atoms with Crippen molar-refractivity contribution in [2.75, 3.05) is 39.8 Å². The molecule has 0 bridgehead atoms. The lowest BCUT2D eigenvalue weighted by Crippen LogP contribution is -2.60. The monoisotopic (exact) mass is 706 g/mol. The molecule has 1 heterocycles. The second-order valence-corrected chi connectivity index (χ2v) is 13.3. The molecule has 4 atom stereocenters. The summed E-state index contributed by atoms with van der Waals surface area (Å²) in [5.41, 5.74) is 13.7.